The summed E-state index contributed by atoms with van der Waals surface area (Å²) in [5.74, 6) is 0.167. The minimum atomic E-state index is -0.389. The summed E-state index contributed by atoms with van der Waals surface area (Å²) in [6, 6.07) is 10.1. The number of nitrogens with zero attached hydrogens (tertiary/aromatic N) is 1. The van der Waals surface area contributed by atoms with E-state index in [1.54, 1.807) is 12.5 Å². The summed E-state index contributed by atoms with van der Waals surface area (Å²) in [5.41, 5.74) is 1.52. The molecule has 0 aliphatic carbocycles. The second kappa shape index (κ2) is 8.96. The molecule has 3 N–H and O–H groups in total. The molecule has 0 saturated heterocycles. The number of rotatable bonds is 7. The van der Waals surface area contributed by atoms with Crippen molar-refractivity contribution >= 4 is 28.3 Å². The van der Waals surface area contributed by atoms with Crippen LogP contribution in [-0.4, -0.2) is 28.9 Å². The van der Waals surface area contributed by atoms with Gasteiger partial charge in [0, 0.05) is 24.2 Å². The van der Waals surface area contributed by atoms with Crippen LogP contribution in [0, 0.1) is 0 Å². The molecule has 8 nitrogen and oxygen atoms in total. The van der Waals surface area contributed by atoms with E-state index in [4.69, 9.17) is 4.74 Å². The average molecular weight is 398 g/mol. The highest BCUT2D eigenvalue weighted by molar-refractivity contribution is 7.14. The van der Waals surface area contributed by atoms with Gasteiger partial charge in [0.1, 0.15) is 5.75 Å². The maximum atomic E-state index is 12.1. The van der Waals surface area contributed by atoms with Crippen molar-refractivity contribution in [3.05, 3.63) is 75.1 Å². The number of methoxy groups -OCH3 is 1. The molecule has 2 amide bonds. The van der Waals surface area contributed by atoms with Crippen LogP contribution >= 0.6 is 11.3 Å². The van der Waals surface area contributed by atoms with E-state index in [1.165, 1.54) is 29.7 Å². The summed E-state index contributed by atoms with van der Waals surface area (Å²) in [6.07, 6.45) is 1.44. The summed E-state index contributed by atoms with van der Waals surface area (Å²) in [4.78, 5) is 42.0. The van der Waals surface area contributed by atoms with Crippen LogP contribution in [0.2, 0.25) is 0 Å². The van der Waals surface area contributed by atoms with Gasteiger partial charge in [0.25, 0.3) is 5.91 Å². The van der Waals surface area contributed by atoms with Crippen LogP contribution in [0.3, 0.4) is 0 Å². The van der Waals surface area contributed by atoms with Gasteiger partial charge in [0.2, 0.25) is 11.5 Å². The molecule has 0 aliphatic rings. The molecule has 0 radical (unpaired) electrons. The number of carbonyl (C=O) groups is 2. The summed E-state index contributed by atoms with van der Waals surface area (Å²) < 4.78 is 5.16. The normalized spacial score (nSPS) is 10.3. The molecule has 9 heteroatoms. The fourth-order valence-corrected chi connectivity index (χ4v) is 3.08. The lowest BCUT2D eigenvalue weighted by molar-refractivity contribution is -0.120. The van der Waals surface area contributed by atoms with E-state index in [1.807, 2.05) is 24.3 Å². The van der Waals surface area contributed by atoms with Crippen LogP contribution in [0.25, 0.3) is 0 Å². The maximum Gasteiger partial charge on any atom is 0.258 e. The lowest BCUT2D eigenvalue weighted by Crippen LogP contribution is -2.24. The summed E-state index contributed by atoms with van der Waals surface area (Å²) >= 11 is 1.23. The molecule has 0 spiro atoms. The second-order valence-corrected chi connectivity index (χ2v) is 6.70. The van der Waals surface area contributed by atoms with Crippen molar-refractivity contribution in [1.29, 1.82) is 0 Å². The standard InChI is InChI=1S/C19H18N4O4S/c1-27-15-4-2-3-12(7-15)9-20-17(25)8-14-11-28-19(22-14)23-18(26)13-5-6-16(24)21-10-13/h2-7,10-11H,8-9H2,1H3,(H,20,25)(H,21,24)(H,22,23,26). The number of ether oxygens (including phenoxy) is 1. The molecule has 0 bridgehead atoms. The predicted octanol–water partition coefficient (Wildman–Crippen LogP) is 1.95. The Kier molecular flexibility index (Phi) is 6.18. The highest BCUT2D eigenvalue weighted by atomic mass is 32.1. The van der Waals surface area contributed by atoms with Gasteiger partial charge >= 0.3 is 0 Å². The van der Waals surface area contributed by atoms with E-state index in [0.717, 1.165) is 11.3 Å². The third kappa shape index (κ3) is 5.27. The number of carbonyl (C=O) groups excluding carboxylic acids is 2. The Morgan fingerprint density at radius 2 is 2.11 bits per heavy atom. The lowest BCUT2D eigenvalue weighted by Gasteiger charge is -2.06. The van der Waals surface area contributed by atoms with Crippen molar-refractivity contribution < 1.29 is 14.3 Å². The van der Waals surface area contributed by atoms with Crippen molar-refractivity contribution in [2.45, 2.75) is 13.0 Å². The molecule has 2 aromatic heterocycles. The Labute approximate surface area is 164 Å². The van der Waals surface area contributed by atoms with Crippen LogP contribution in [0.5, 0.6) is 5.75 Å². The van der Waals surface area contributed by atoms with E-state index in [-0.39, 0.29) is 23.8 Å². The van der Waals surface area contributed by atoms with E-state index < -0.39 is 0 Å². The first-order valence-electron chi connectivity index (χ1n) is 8.37. The van der Waals surface area contributed by atoms with Gasteiger partial charge in [-0.2, -0.15) is 0 Å². The van der Waals surface area contributed by atoms with Gasteiger partial charge < -0.3 is 15.0 Å². The summed E-state index contributed by atoms with van der Waals surface area (Å²) in [6.45, 7) is 0.385. The molecule has 3 aromatic rings. The number of anilines is 1. The predicted molar refractivity (Wildman–Crippen MR) is 106 cm³/mol. The number of H-pyrrole nitrogens is 1. The monoisotopic (exact) mass is 398 g/mol. The fraction of sp³-hybridized carbons (Fsp3) is 0.158. The Balaban J connectivity index is 1.52. The molecule has 0 atom stereocenters. The molecule has 0 aliphatic heterocycles. The van der Waals surface area contributed by atoms with Gasteiger partial charge in [-0.3, -0.25) is 19.7 Å². The number of hydrogen-bond acceptors (Lipinski definition) is 6. The molecular formula is C19H18N4O4S. The van der Waals surface area contributed by atoms with Crippen LogP contribution in [0.4, 0.5) is 5.13 Å². The number of aromatic amines is 1. The quantitative estimate of drug-likeness (QED) is 0.563. The Hall–Kier alpha value is -3.46. The molecule has 3 rings (SSSR count). The average Bonchev–Trinajstić information content (AvgIpc) is 3.13. The van der Waals surface area contributed by atoms with E-state index in [2.05, 4.69) is 20.6 Å². The molecule has 28 heavy (non-hydrogen) atoms. The van der Waals surface area contributed by atoms with E-state index in [9.17, 15) is 14.4 Å². The topological polar surface area (TPSA) is 113 Å². The molecule has 144 valence electrons. The number of aromatic nitrogens is 2. The van der Waals surface area contributed by atoms with Crippen molar-refractivity contribution in [2.24, 2.45) is 0 Å². The van der Waals surface area contributed by atoms with Crippen molar-refractivity contribution in [2.75, 3.05) is 12.4 Å². The first kappa shape index (κ1) is 19.3. The molecule has 0 unspecified atom stereocenters. The van der Waals surface area contributed by atoms with Crippen LogP contribution in [0.1, 0.15) is 21.6 Å². The van der Waals surface area contributed by atoms with Gasteiger partial charge in [-0.05, 0) is 23.8 Å². The number of thiazole rings is 1. The minimum Gasteiger partial charge on any atom is -0.497 e. The van der Waals surface area contributed by atoms with Gasteiger partial charge in [0.15, 0.2) is 5.13 Å². The zero-order valence-electron chi connectivity index (χ0n) is 15.0. The molecule has 0 fully saturated rings. The molecular weight excluding hydrogens is 380 g/mol. The number of amides is 2. The molecule has 0 saturated carbocycles. The third-order valence-corrected chi connectivity index (χ3v) is 4.59. The Bertz CT molecular complexity index is 1020. The lowest BCUT2D eigenvalue weighted by atomic mass is 10.2. The highest BCUT2D eigenvalue weighted by Gasteiger charge is 2.11. The zero-order chi connectivity index (χ0) is 19.9. The van der Waals surface area contributed by atoms with E-state index >= 15 is 0 Å². The zero-order valence-corrected chi connectivity index (χ0v) is 15.8. The van der Waals surface area contributed by atoms with E-state index in [0.29, 0.717) is 22.9 Å². The largest absolute Gasteiger partial charge is 0.497 e. The minimum absolute atomic E-state index is 0.106. The van der Waals surface area contributed by atoms with Gasteiger partial charge in [-0.1, -0.05) is 12.1 Å². The second-order valence-electron chi connectivity index (χ2n) is 5.84. The first-order chi connectivity index (χ1) is 13.5. The third-order valence-electron chi connectivity index (χ3n) is 3.78. The number of hydrogen-bond donors (Lipinski definition) is 3. The summed E-state index contributed by atoms with van der Waals surface area (Å²) in [7, 11) is 1.59. The van der Waals surface area contributed by atoms with Crippen molar-refractivity contribution in [3.8, 4) is 5.75 Å². The first-order valence-corrected chi connectivity index (χ1v) is 9.25. The van der Waals surface area contributed by atoms with Crippen molar-refractivity contribution in [3.63, 3.8) is 0 Å². The number of pyridine rings is 1. The van der Waals surface area contributed by atoms with Crippen LogP contribution < -0.4 is 20.9 Å². The smallest absolute Gasteiger partial charge is 0.258 e. The highest BCUT2D eigenvalue weighted by Crippen LogP contribution is 2.17. The molecule has 1 aromatic carbocycles. The van der Waals surface area contributed by atoms with Gasteiger partial charge in [-0.25, -0.2) is 4.98 Å². The summed E-state index contributed by atoms with van der Waals surface area (Å²) in [5, 5.41) is 7.57. The van der Waals surface area contributed by atoms with Gasteiger partial charge in [0.05, 0.1) is 24.8 Å². The maximum absolute atomic E-state index is 12.1. The number of nitrogens with one attached hydrogen (secondary N) is 3. The Morgan fingerprint density at radius 1 is 1.25 bits per heavy atom. The fourth-order valence-electron chi connectivity index (χ4n) is 2.38. The SMILES string of the molecule is COc1cccc(CNC(=O)Cc2csc(NC(=O)c3ccc(=O)[nH]c3)n2)c1. The van der Waals surface area contributed by atoms with Crippen LogP contribution in [0.15, 0.2) is 52.8 Å². The number of benzene rings is 1. The van der Waals surface area contributed by atoms with Crippen LogP contribution in [-0.2, 0) is 17.8 Å². The van der Waals surface area contributed by atoms with Crippen molar-refractivity contribution in [1.82, 2.24) is 15.3 Å². The van der Waals surface area contributed by atoms with Gasteiger partial charge in [-0.15, -0.1) is 11.3 Å². The Morgan fingerprint density at radius 3 is 2.86 bits per heavy atom. The molecule has 2 heterocycles.